The van der Waals surface area contributed by atoms with Crippen molar-refractivity contribution in [2.24, 2.45) is 0 Å². The van der Waals surface area contributed by atoms with E-state index in [1.54, 1.807) is 0 Å². The molecule has 12 heavy (non-hydrogen) atoms. The molecule has 4 nitrogen and oxygen atoms in total. The second kappa shape index (κ2) is 3.63. The third-order valence-electron chi connectivity index (χ3n) is 1.25. The van der Waals surface area contributed by atoms with Crippen molar-refractivity contribution >= 4 is 19.5 Å². The fourth-order valence-electron chi connectivity index (χ4n) is 0.490. The van der Waals surface area contributed by atoms with E-state index in [1.807, 2.05) is 0 Å². The monoisotopic (exact) mass is 259 g/mol. The van der Waals surface area contributed by atoms with Crippen LogP contribution in [-0.4, -0.2) is 19.5 Å². The number of carbonyl (C=O) groups is 4. The molecular weight excluding hydrogens is 249 g/mol. The van der Waals surface area contributed by atoms with Gasteiger partial charge in [-0.1, -0.05) is 0 Å². The van der Waals surface area contributed by atoms with Crippen molar-refractivity contribution in [3.8, 4) is 0 Å². The third kappa shape index (κ3) is 1.46. The van der Waals surface area contributed by atoms with Crippen molar-refractivity contribution < 1.29 is 32.8 Å². The predicted octanol–water partition coefficient (Wildman–Crippen LogP) is 0.0411. The molecule has 0 radical (unpaired) electrons. The molecule has 0 aromatic heterocycles. The van der Waals surface area contributed by atoms with E-state index < -0.39 is 13.6 Å². The minimum atomic E-state index is -4.59. The number of rotatable bonds is 6. The minimum absolute atomic E-state index is 0.128. The summed E-state index contributed by atoms with van der Waals surface area (Å²) in [5.74, 6) is 0. The normalized spacial score (nSPS) is 13.5. The summed E-state index contributed by atoms with van der Waals surface area (Å²) < 4.78 is 0. The Labute approximate surface area is 70.4 Å². The summed E-state index contributed by atoms with van der Waals surface area (Å²) in [5.41, 5.74) is 0. The van der Waals surface area contributed by atoms with Crippen molar-refractivity contribution in [1.82, 2.24) is 0 Å². The summed E-state index contributed by atoms with van der Waals surface area (Å²) in [5, 5.41) is -0.128. The van der Waals surface area contributed by atoms with Crippen LogP contribution in [0.1, 0.15) is 0 Å². The molecular formula is C7H9O4Ru. The molecule has 0 saturated carbocycles. The molecule has 0 unspecified atom stereocenters. The SMILES string of the molecule is C=C[CH2][Ru]([CH]=O)([CH]=O)([CH]=O)[CH]=O. The maximum absolute atomic E-state index is 10.6. The van der Waals surface area contributed by atoms with Crippen molar-refractivity contribution in [2.45, 2.75) is 5.02 Å². The van der Waals surface area contributed by atoms with Crippen LogP contribution in [0.3, 0.4) is 0 Å². The van der Waals surface area contributed by atoms with Crippen LogP contribution in [0.25, 0.3) is 0 Å². The van der Waals surface area contributed by atoms with Gasteiger partial charge in [0, 0.05) is 0 Å². The average molecular weight is 258 g/mol. The summed E-state index contributed by atoms with van der Waals surface area (Å²) in [6, 6.07) is 0. The molecule has 0 aliphatic carbocycles. The molecule has 0 rings (SSSR count). The molecule has 0 atom stereocenters. The zero-order valence-corrected chi connectivity index (χ0v) is 8.03. The van der Waals surface area contributed by atoms with Gasteiger partial charge < -0.3 is 0 Å². The van der Waals surface area contributed by atoms with Gasteiger partial charge in [-0.15, -0.1) is 0 Å². The van der Waals surface area contributed by atoms with E-state index in [0.717, 1.165) is 0 Å². The first-order valence-electron chi connectivity index (χ1n) is 2.83. The molecule has 0 aliphatic heterocycles. The molecule has 0 amide bonds. The van der Waals surface area contributed by atoms with Crippen LogP contribution < -0.4 is 0 Å². The topological polar surface area (TPSA) is 68.3 Å². The molecule has 0 aliphatic rings. The van der Waals surface area contributed by atoms with Gasteiger partial charge in [0.15, 0.2) is 0 Å². The van der Waals surface area contributed by atoms with Crippen molar-refractivity contribution in [2.75, 3.05) is 0 Å². The number of hydrogen-bond donors (Lipinski definition) is 0. The first kappa shape index (κ1) is 11.0. The molecule has 0 spiro atoms. The molecule has 69 valence electrons. The Morgan fingerprint density at radius 1 is 0.917 bits per heavy atom. The van der Waals surface area contributed by atoms with Crippen LogP contribution in [0.2, 0.25) is 5.02 Å². The van der Waals surface area contributed by atoms with Gasteiger partial charge in [-0.3, -0.25) is 0 Å². The summed E-state index contributed by atoms with van der Waals surface area (Å²) in [6.45, 7) is 3.29. The Morgan fingerprint density at radius 3 is 1.33 bits per heavy atom. The molecule has 0 aromatic carbocycles. The average Bonchev–Trinajstić information content (AvgIpc) is 2.16. The van der Waals surface area contributed by atoms with Gasteiger partial charge in [0.05, 0.1) is 0 Å². The van der Waals surface area contributed by atoms with E-state index in [9.17, 15) is 19.2 Å². The van der Waals surface area contributed by atoms with Crippen molar-refractivity contribution in [1.29, 1.82) is 0 Å². The zero-order chi connectivity index (χ0) is 9.69. The van der Waals surface area contributed by atoms with Crippen LogP contribution in [0, 0.1) is 0 Å². The molecule has 0 bridgehead atoms. The standard InChI is InChI=1S/C3H5.4CHO.Ru/c1-3-2;4*1-2;/h3H,1-2H2;4*1H;. The van der Waals surface area contributed by atoms with Crippen LogP contribution >= 0.6 is 0 Å². The van der Waals surface area contributed by atoms with Crippen LogP contribution in [0.4, 0.5) is 0 Å². The fourth-order valence-corrected chi connectivity index (χ4v) is 2.90. The van der Waals surface area contributed by atoms with Crippen LogP contribution in [-0.2, 0) is 32.8 Å². The van der Waals surface area contributed by atoms with E-state index in [2.05, 4.69) is 6.58 Å². The molecule has 0 aromatic rings. The van der Waals surface area contributed by atoms with Crippen LogP contribution in [0.5, 0.6) is 0 Å². The van der Waals surface area contributed by atoms with Crippen molar-refractivity contribution in [3.63, 3.8) is 0 Å². The fraction of sp³-hybridized carbons (Fsp3) is 0.143. The Balaban J connectivity index is 5.39. The van der Waals surface area contributed by atoms with E-state index in [1.165, 1.54) is 6.08 Å². The second-order valence-corrected chi connectivity index (χ2v) is 10.7. The van der Waals surface area contributed by atoms with Crippen LogP contribution in [0.15, 0.2) is 12.7 Å². The van der Waals surface area contributed by atoms with Gasteiger partial charge in [0.1, 0.15) is 0 Å². The summed E-state index contributed by atoms with van der Waals surface area (Å²) in [4.78, 5) is 43.1. The van der Waals surface area contributed by atoms with Gasteiger partial charge >= 0.3 is 70.0 Å². The number of carbonyl (C=O) groups excluding carboxylic acids is 4. The molecule has 0 N–H and O–H groups in total. The number of allylic oxidation sites excluding steroid dienone is 1. The van der Waals surface area contributed by atoms with Gasteiger partial charge in [-0.25, -0.2) is 0 Å². The second-order valence-electron chi connectivity index (χ2n) is 2.05. The summed E-state index contributed by atoms with van der Waals surface area (Å²) in [7, 11) is 0. The van der Waals surface area contributed by atoms with E-state index in [4.69, 9.17) is 0 Å². The quantitative estimate of drug-likeness (QED) is 0.383. The maximum atomic E-state index is 10.6. The molecule has 0 heterocycles. The van der Waals surface area contributed by atoms with Gasteiger partial charge in [-0.2, -0.15) is 0 Å². The number of hydrogen-bond acceptors (Lipinski definition) is 4. The predicted molar refractivity (Wildman–Crippen MR) is 42.0 cm³/mol. The zero-order valence-electron chi connectivity index (χ0n) is 6.29. The van der Waals surface area contributed by atoms with E-state index in [0.29, 0.717) is 0 Å². The Morgan fingerprint density at radius 2 is 1.25 bits per heavy atom. The Kier molecular flexibility index (Phi) is 3.34. The summed E-state index contributed by atoms with van der Waals surface area (Å²) >= 11 is -4.59. The van der Waals surface area contributed by atoms with E-state index in [-0.39, 0.29) is 24.5 Å². The molecule has 0 fully saturated rings. The first-order valence-corrected chi connectivity index (χ1v) is 8.07. The van der Waals surface area contributed by atoms with Crippen molar-refractivity contribution in [3.05, 3.63) is 12.7 Å². The Hall–Kier alpha value is -0.957. The Bertz CT molecular complexity index is 202. The van der Waals surface area contributed by atoms with Gasteiger partial charge in [-0.05, 0) is 0 Å². The first-order chi connectivity index (χ1) is 5.62. The van der Waals surface area contributed by atoms with Gasteiger partial charge in [0.25, 0.3) is 0 Å². The molecule has 5 heteroatoms. The van der Waals surface area contributed by atoms with E-state index >= 15 is 0 Å². The summed E-state index contributed by atoms with van der Waals surface area (Å²) in [6.07, 6.45) is 1.25. The molecule has 0 saturated heterocycles. The third-order valence-corrected chi connectivity index (χ3v) is 7.39. The van der Waals surface area contributed by atoms with Gasteiger partial charge in [0.2, 0.25) is 0 Å².